The van der Waals surface area contributed by atoms with Gasteiger partial charge in [0, 0.05) is 48.0 Å². The molecule has 0 fully saturated rings. The number of aliphatic hydroxyl groups excluding tert-OH is 1. The average molecular weight is 406 g/mol. The number of aryl methyl sites for hydroxylation is 1. The molecule has 0 aliphatic heterocycles. The minimum Gasteiger partial charge on any atom is -0.488 e. The van der Waals surface area contributed by atoms with Gasteiger partial charge in [-0.1, -0.05) is 0 Å². The fourth-order valence-corrected chi connectivity index (χ4v) is 3.00. The molecule has 8 heteroatoms. The zero-order valence-corrected chi connectivity index (χ0v) is 16.6. The Balaban J connectivity index is 1.63. The van der Waals surface area contributed by atoms with Crippen LogP contribution < -0.4 is 14.8 Å². The summed E-state index contributed by atoms with van der Waals surface area (Å²) in [4.78, 5) is 15.9. The lowest BCUT2D eigenvalue weighted by molar-refractivity contribution is 0.102. The number of carbonyl (C=O) groups excluding carboxylic acids is 1. The molecule has 8 nitrogen and oxygen atoms in total. The Morgan fingerprint density at radius 3 is 2.77 bits per heavy atom. The highest BCUT2D eigenvalue weighted by molar-refractivity contribution is 6.04. The van der Waals surface area contributed by atoms with Gasteiger partial charge >= 0.3 is 0 Å². The third-order valence-corrected chi connectivity index (χ3v) is 4.45. The highest BCUT2D eigenvalue weighted by atomic mass is 16.5. The number of carbonyl (C=O) groups is 1. The lowest BCUT2D eigenvalue weighted by Gasteiger charge is -2.15. The molecule has 0 saturated heterocycles. The summed E-state index contributed by atoms with van der Waals surface area (Å²) < 4.78 is 13.3. The van der Waals surface area contributed by atoms with Gasteiger partial charge in [0.15, 0.2) is 5.82 Å². The molecule has 4 aromatic rings. The van der Waals surface area contributed by atoms with Gasteiger partial charge in [-0.25, -0.2) is 0 Å². The van der Waals surface area contributed by atoms with Crippen molar-refractivity contribution >= 4 is 22.6 Å². The molecule has 0 unspecified atom stereocenters. The number of hydrogen-bond acceptors (Lipinski definition) is 5. The Kier molecular flexibility index (Phi) is 5.40. The summed E-state index contributed by atoms with van der Waals surface area (Å²) in [6, 6.07) is 14.3. The maximum atomic E-state index is 12.8. The lowest BCUT2D eigenvalue weighted by Crippen LogP contribution is -2.17. The molecule has 3 N–H and O–H groups in total. The van der Waals surface area contributed by atoms with Gasteiger partial charge in [0.2, 0.25) is 0 Å². The number of aromatic nitrogens is 3. The van der Waals surface area contributed by atoms with Crippen molar-refractivity contribution in [3.05, 3.63) is 66.5 Å². The van der Waals surface area contributed by atoms with Crippen LogP contribution in [0, 0.1) is 0 Å². The first-order chi connectivity index (χ1) is 14.5. The Morgan fingerprint density at radius 1 is 1.17 bits per heavy atom. The maximum absolute atomic E-state index is 12.8. The third-order valence-electron chi connectivity index (χ3n) is 4.45. The predicted molar refractivity (Wildman–Crippen MR) is 113 cm³/mol. The number of H-pyrrole nitrogens is 1. The number of aromatic amines is 1. The molecule has 0 spiro atoms. The van der Waals surface area contributed by atoms with Crippen molar-refractivity contribution < 1.29 is 19.4 Å². The topological polar surface area (TPSA) is 101 Å². The Labute approximate surface area is 173 Å². The fourth-order valence-electron chi connectivity index (χ4n) is 3.00. The monoisotopic (exact) mass is 406 g/mol. The number of rotatable bonds is 7. The first-order valence-corrected chi connectivity index (χ1v) is 9.49. The smallest absolute Gasteiger partial charge is 0.257 e. The molecular weight excluding hydrogens is 384 g/mol. The van der Waals surface area contributed by atoms with Crippen molar-refractivity contribution in [2.45, 2.75) is 13.0 Å². The van der Waals surface area contributed by atoms with Crippen molar-refractivity contribution in [3.63, 3.8) is 0 Å². The highest BCUT2D eigenvalue weighted by Gasteiger charge is 2.14. The van der Waals surface area contributed by atoms with Gasteiger partial charge in [0.25, 0.3) is 5.91 Å². The molecule has 2 aromatic carbocycles. The van der Waals surface area contributed by atoms with E-state index in [-0.39, 0.29) is 12.5 Å². The summed E-state index contributed by atoms with van der Waals surface area (Å²) in [5.41, 5.74) is 1.35. The average Bonchev–Trinajstić information content (AvgIpc) is 3.35. The predicted octanol–water partition coefficient (Wildman–Crippen LogP) is 3.71. The van der Waals surface area contributed by atoms with E-state index in [4.69, 9.17) is 9.47 Å². The standard InChI is InChI=1S/C22H22N4O4/c1-14(13-27)29-18-10-16(22(28)24-21-6-8-26(2)25-21)11-19(12-18)30-17-3-4-20-15(9-17)5-7-23-20/h3-12,14,23,27H,13H2,1-2H3,(H,24,25,28)/t14-/m0/s1. The van der Waals surface area contributed by atoms with Crippen LogP contribution in [0.1, 0.15) is 17.3 Å². The van der Waals surface area contributed by atoms with E-state index < -0.39 is 6.10 Å². The molecule has 4 rings (SSSR count). The van der Waals surface area contributed by atoms with Crippen LogP contribution in [-0.2, 0) is 7.05 Å². The van der Waals surface area contributed by atoms with E-state index in [9.17, 15) is 9.90 Å². The largest absolute Gasteiger partial charge is 0.488 e. The minimum absolute atomic E-state index is 0.148. The second-order valence-corrected chi connectivity index (χ2v) is 6.96. The van der Waals surface area contributed by atoms with Crippen LogP contribution >= 0.6 is 0 Å². The fraction of sp³-hybridized carbons (Fsp3) is 0.182. The van der Waals surface area contributed by atoms with E-state index in [1.54, 1.807) is 49.1 Å². The Hall–Kier alpha value is -3.78. The van der Waals surface area contributed by atoms with Crippen LogP contribution in [0.3, 0.4) is 0 Å². The van der Waals surface area contributed by atoms with E-state index in [1.807, 2.05) is 30.5 Å². The molecule has 2 aromatic heterocycles. The molecule has 0 radical (unpaired) electrons. The van der Waals surface area contributed by atoms with Crippen LogP contribution in [0.4, 0.5) is 5.82 Å². The van der Waals surface area contributed by atoms with Crippen molar-refractivity contribution in [3.8, 4) is 17.2 Å². The molecule has 1 amide bonds. The zero-order valence-electron chi connectivity index (χ0n) is 16.6. The van der Waals surface area contributed by atoms with E-state index in [1.165, 1.54) is 0 Å². The molecule has 0 saturated carbocycles. The number of nitrogens with one attached hydrogen (secondary N) is 2. The van der Waals surface area contributed by atoms with Gasteiger partial charge in [-0.05, 0) is 43.3 Å². The molecule has 154 valence electrons. The van der Waals surface area contributed by atoms with Gasteiger partial charge in [-0.2, -0.15) is 5.10 Å². The number of benzene rings is 2. The van der Waals surface area contributed by atoms with Gasteiger partial charge < -0.3 is 24.9 Å². The maximum Gasteiger partial charge on any atom is 0.257 e. The van der Waals surface area contributed by atoms with Crippen LogP contribution in [0.15, 0.2) is 60.9 Å². The van der Waals surface area contributed by atoms with Crippen molar-refractivity contribution in [2.24, 2.45) is 7.05 Å². The van der Waals surface area contributed by atoms with Crippen LogP contribution in [-0.4, -0.2) is 38.5 Å². The SMILES string of the molecule is C[C@@H](CO)Oc1cc(Oc2ccc3[nH]ccc3c2)cc(C(=O)Nc2ccn(C)n2)c1. The minimum atomic E-state index is -0.428. The quantitative estimate of drug-likeness (QED) is 0.434. The molecule has 2 heterocycles. The first-order valence-electron chi connectivity index (χ1n) is 9.49. The summed E-state index contributed by atoms with van der Waals surface area (Å²) in [6.45, 7) is 1.59. The van der Waals surface area contributed by atoms with Crippen molar-refractivity contribution in [1.82, 2.24) is 14.8 Å². The summed E-state index contributed by atoms with van der Waals surface area (Å²) in [7, 11) is 1.77. The van der Waals surface area contributed by atoms with Crippen molar-refractivity contribution in [2.75, 3.05) is 11.9 Å². The molecule has 0 aliphatic carbocycles. The number of fused-ring (bicyclic) bond motifs is 1. The molecule has 0 aliphatic rings. The number of anilines is 1. The van der Waals surface area contributed by atoms with E-state index >= 15 is 0 Å². The van der Waals surface area contributed by atoms with E-state index in [0.29, 0.717) is 28.6 Å². The third kappa shape index (κ3) is 4.44. The number of ether oxygens (including phenoxy) is 2. The second-order valence-electron chi connectivity index (χ2n) is 6.96. The summed E-state index contributed by atoms with van der Waals surface area (Å²) in [5, 5.41) is 17.2. The zero-order chi connectivity index (χ0) is 21.1. The Morgan fingerprint density at radius 2 is 2.00 bits per heavy atom. The second kappa shape index (κ2) is 8.30. The highest BCUT2D eigenvalue weighted by Crippen LogP contribution is 2.30. The van der Waals surface area contributed by atoms with Crippen molar-refractivity contribution in [1.29, 1.82) is 0 Å². The normalized spacial score (nSPS) is 12.0. The molecule has 0 bridgehead atoms. The first kappa shape index (κ1) is 19.5. The number of aliphatic hydroxyl groups is 1. The van der Waals surface area contributed by atoms with Gasteiger partial charge in [-0.3, -0.25) is 9.48 Å². The van der Waals surface area contributed by atoms with Gasteiger partial charge in [0.1, 0.15) is 23.4 Å². The van der Waals surface area contributed by atoms with Crippen LogP contribution in [0.5, 0.6) is 17.2 Å². The Bertz CT molecular complexity index is 1180. The lowest BCUT2D eigenvalue weighted by atomic mass is 10.1. The van der Waals surface area contributed by atoms with Crippen LogP contribution in [0.2, 0.25) is 0 Å². The van der Waals surface area contributed by atoms with E-state index in [0.717, 1.165) is 10.9 Å². The van der Waals surface area contributed by atoms with E-state index in [2.05, 4.69) is 15.4 Å². The summed E-state index contributed by atoms with van der Waals surface area (Å²) in [5.74, 6) is 1.59. The number of hydrogen-bond donors (Lipinski definition) is 3. The molecule has 1 atom stereocenters. The van der Waals surface area contributed by atoms with Crippen LogP contribution in [0.25, 0.3) is 10.9 Å². The number of amides is 1. The number of nitrogens with zero attached hydrogens (tertiary/aromatic N) is 2. The molecule has 30 heavy (non-hydrogen) atoms. The van der Waals surface area contributed by atoms with Gasteiger partial charge in [0.05, 0.1) is 6.61 Å². The molecular formula is C22H22N4O4. The summed E-state index contributed by atoms with van der Waals surface area (Å²) in [6.07, 6.45) is 3.17. The summed E-state index contributed by atoms with van der Waals surface area (Å²) >= 11 is 0. The van der Waals surface area contributed by atoms with Gasteiger partial charge in [-0.15, -0.1) is 0 Å².